The van der Waals surface area contributed by atoms with Crippen LogP contribution in [-0.2, 0) is 6.42 Å². The Balaban J connectivity index is 2.03. The van der Waals surface area contributed by atoms with Crippen LogP contribution in [0, 0.1) is 0 Å². The van der Waals surface area contributed by atoms with E-state index in [1.54, 1.807) is 6.07 Å². The number of aryl methyl sites for hydroxylation is 1. The summed E-state index contributed by atoms with van der Waals surface area (Å²) < 4.78 is 2.25. The Labute approximate surface area is 134 Å². The second-order valence-electron chi connectivity index (χ2n) is 6.29. The molecule has 0 amide bonds. The number of hydrogen-bond acceptors (Lipinski definition) is 3. The minimum absolute atomic E-state index is 0.0651. The van der Waals surface area contributed by atoms with Gasteiger partial charge >= 0.3 is 0 Å². The molecule has 1 unspecified atom stereocenters. The number of nitrogens with zero attached hydrogens (tertiary/aromatic N) is 2. The summed E-state index contributed by atoms with van der Waals surface area (Å²) in [5.74, 6) is 0. The molecule has 4 nitrogen and oxygen atoms in total. The van der Waals surface area contributed by atoms with Crippen molar-refractivity contribution in [2.75, 3.05) is 31.1 Å². The van der Waals surface area contributed by atoms with E-state index in [9.17, 15) is 4.79 Å². The van der Waals surface area contributed by atoms with Gasteiger partial charge in [0.2, 0.25) is 0 Å². The first-order chi connectivity index (χ1) is 10.7. The van der Waals surface area contributed by atoms with E-state index in [0.717, 1.165) is 55.6 Å². The van der Waals surface area contributed by atoms with Crippen molar-refractivity contribution in [3.05, 3.63) is 39.1 Å². The van der Waals surface area contributed by atoms with E-state index in [4.69, 9.17) is 11.6 Å². The molecule has 0 radical (unpaired) electrons. The lowest BCUT2D eigenvalue weighted by Gasteiger charge is -2.35. The van der Waals surface area contributed by atoms with Crippen LogP contribution < -0.4 is 15.6 Å². The molecule has 0 bridgehead atoms. The zero-order valence-electron chi connectivity index (χ0n) is 12.7. The van der Waals surface area contributed by atoms with Crippen LogP contribution in [-0.4, -0.2) is 30.7 Å². The lowest BCUT2D eigenvalue weighted by atomic mass is 9.94. The van der Waals surface area contributed by atoms with Crippen LogP contribution in [0.1, 0.15) is 24.9 Å². The maximum Gasteiger partial charge on any atom is 0.189 e. The van der Waals surface area contributed by atoms with Crippen LogP contribution >= 0.6 is 11.6 Å². The summed E-state index contributed by atoms with van der Waals surface area (Å²) in [5.41, 5.74) is 3.54. The molecule has 0 saturated carbocycles. The molecular weight excluding hydrogens is 298 g/mol. The van der Waals surface area contributed by atoms with Crippen LogP contribution in [0.15, 0.2) is 23.1 Å². The van der Waals surface area contributed by atoms with Gasteiger partial charge in [0.05, 0.1) is 16.2 Å². The Bertz CT molecular complexity index is 793. The fourth-order valence-electron chi connectivity index (χ4n) is 3.80. The van der Waals surface area contributed by atoms with E-state index >= 15 is 0 Å². The molecule has 4 rings (SSSR count). The quantitative estimate of drug-likeness (QED) is 0.878. The smallest absolute Gasteiger partial charge is 0.189 e. The molecule has 0 aliphatic carbocycles. The standard InChI is InChI=1S/C17H20ClN3O/c1-11-2-3-12-16-13(15(22)4-7-21(11)16)10-14(18)17(12)20-8-5-19-6-9-20/h4,7,10-11,19H,2-3,5-6,8-9H2,1H3. The van der Waals surface area contributed by atoms with Crippen molar-refractivity contribution in [2.24, 2.45) is 0 Å². The number of nitrogens with one attached hydrogen (secondary N) is 1. The van der Waals surface area contributed by atoms with Crippen molar-refractivity contribution >= 4 is 28.2 Å². The Morgan fingerprint density at radius 3 is 2.86 bits per heavy atom. The SMILES string of the molecule is CC1CCc2c(N3CCNCC3)c(Cl)cc3c(=O)ccn1c23. The van der Waals surface area contributed by atoms with Crippen LogP contribution in [0.3, 0.4) is 0 Å². The van der Waals surface area contributed by atoms with Gasteiger partial charge in [0.1, 0.15) is 0 Å². The first kappa shape index (κ1) is 14.1. The molecule has 1 aromatic carbocycles. The molecule has 116 valence electrons. The zero-order valence-corrected chi connectivity index (χ0v) is 13.5. The van der Waals surface area contributed by atoms with Gasteiger partial charge in [-0.15, -0.1) is 0 Å². The molecule has 2 aliphatic heterocycles. The average Bonchev–Trinajstić information content (AvgIpc) is 2.53. The Morgan fingerprint density at radius 2 is 2.09 bits per heavy atom. The van der Waals surface area contributed by atoms with Gasteiger partial charge in [-0.25, -0.2) is 0 Å². The van der Waals surface area contributed by atoms with Gasteiger partial charge < -0.3 is 14.8 Å². The van der Waals surface area contributed by atoms with Crippen molar-refractivity contribution in [2.45, 2.75) is 25.8 Å². The van der Waals surface area contributed by atoms with Gasteiger partial charge in [-0.05, 0) is 25.8 Å². The summed E-state index contributed by atoms with van der Waals surface area (Å²) in [4.78, 5) is 14.6. The number of halogens is 1. The lowest BCUT2D eigenvalue weighted by molar-refractivity contribution is 0.498. The third kappa shape index (κ3) is 2.05. The highest BCUT2D eigenvalue weighted by Crippen LogP contribution is 2.40. The Hall–Kier alpha value is -1.52. The lowest BCUT2D eigenvalue weighted by Crippen LogP contribution is -2.44. The highest BCUT2D eigenvalue weighted by Gasteiger charge is 2.26. The number of anilines is 1. The largest absolute Gasteiger partial charge is 0.367 e. The van der Waals surface area contributed by atoms with E-state index in [-0.39, 0.29) is 5.43 Å². The third-order valence-electron chi connectivity index (χ3n) is 4.95. The van der Waals surface area contributed by atoms with Gasteiger partial charge in [0, 0.05) is 55.4 Å². The van der Waals surface area contributed by atoms with E-state index in [0.29, 0.717) is 11.1 Å². The van der Waals surface area contributed by atoms with E-state index in [1.807, 2.05) is 12.3 Å². The van der Waals surface area contributed by atoms with Gasteiger partial charge in [0.25, 0.3) is 0 Å². The van der Waals surface area contributed by atoms with Crippen LogP contribution in [0.25, 0.3) is 10.9 Å². The summed E-state index contributed by atoms with van der Waals surface area (Å²) in [6.07, 6.45) is 4.01. The van der Waals surface area contributed by atoms with Gasteiger partial charge in [-0.2, -0.15) is 0 Å². The Kier molecular flexibility index (Phi) is 3.39. The Morgan fingerprint density at radius 1 is 1.32 bits per heavy atom. The van der Waals surface area contributed by atoms with Crippen molar-refractivity contribution in [3.8, 4) is 0 Å². The van der Waals surface area contributed by atoms with E-state index < -0.39 is 0 Å². The highest BCUT2D eigenvalue weighted by molar-refractivity contribution is 6.34. The molecule has 1 aromatic heterocycles. The van der Waals surface area contributed by atoms with E-state index in [1.165, 1.54) is 5.56 Å². The molecule has 2 aromatic rings. The fraction of sp³-hybridized carbons (Fsp3) is 0.471. The topological polar surface area (TPSA) is 37.3 Å². The number of piperazine rings is 1. The number of hydrogen-bond donors (Lipinski definition) is 1. The van der Waals surface area contributed by atoms with Crippen LogP contribution in [0.4, 0.5) is 5.69 Å². The minimum Gasteiger partial charge on any atom is -0.367 e. The molecule has 5 heteroatoms. The molecular formula is C17H20ClN3O. The monoisotopic (exact) mass is 317 g/mol. The number of benzene rings is 1. The third-order valence-corrected chi connectivity index (χ3v) is 5.24. The highest BCUT2D eigenvalue weighted by atomic mass is 35.5. The fourth-order valence-corrected chi connectivity index (χ4v) is 4.15. The second kappa shape index (κ2) is 5.28. The molecule has 1 N–H and O–H groups in total. The minimum atomic E-state index is 0.0651. The molecule has 0 spiro atoms. The molecule has 22 heavy (non-hydrogen) atoms. The van der Waals surface area contributed by atoms with E-state index in [2.05, 4.69) is 21.7 Å². The van der Waals surface area contributed by atoms with Crippen molar-refractivity contribution < 1.29 is 0 Å². The summed E-state index contributed by atoms with van der Waals surface area (Å²) in [6.45, 7) is 6.10. The first-order valence-electron chi connectivity index (χ1n) is 7.98. The van der Waals surface area contributed by atoms with Crippen molar-refractivity contribution in [3.63, 3.8) is 0 Å². The van der Waals surface area contributed by atoms with Crippen molar-refractivity contribution in [1.29, 1.82) is 0 Å². The summed E-state index contributed by atoms with van der Waals surface area (Å²) in [7, 11) is 0. The van der Waals surface area contributed by atoms with Gasteiger partial charge in [0.15, 0.2) is 5.43 Å². The number of aromatic nitrogens is 1. The van der Waals surface area contributed by atoms with Crippen LogP contribution in [0.5, 0.6) is 0 Å². The average molecular weight is 318 g/mol. The van der Waals surface area contributed by atoms with Crippen LogP contribution in [0.2, 0.25) is 5.02 Å². The molecule has 1 atom stereocenters. The summed E-state index contributed by atoms with van der Waals surface area (Å²) in [5, 5.41) is 4.85. The normalized spacial score (nSPS) is 21.4. The first-order valence-corrected chi connectivity index (χ1v) is 8.36. The van der Waals surface area contributed by atoms with Gasteiger partial charge in [-0.3, -0.25) is 4.79 Å². The summed E-state index contributed by atoms with van der Waals surface area (Å²) >= 11 is 6.60. The number of rotatable bonds is 1. The molecule has 2 aliphatic rings. The van der Waals surface area contributed by atoms with Crippen molar-refractivity contribution in [1.82, 2.24) is 9.88 Å². The molecule has 1 fully saturated rings. The maximum absolute atomic E-state index is 12.3. The predicted octanol–water partition coefficient (Wildman–Crippen LogP) is 2.57. The molecule has 3 heterocycles. The maximum atomic E-state index is 12.3. The predicted molar refractivity (Wildman–Crippen MR) is 91.3 cm³/mol. The van der Waals surface area contributed by atoms with Gasteiger partial charge in [-0.1, -0.05) is 11.6 Å². The summed E-state index contributed by atoms with van der Waals surface area (Å²) in [6, 6.07) is 3.95. The molecule has 1 saturated heterocycles. The second-order valence-corrected chi connectivity index (χ2v) is 6.70. The number of pyridine rings is 1. The zero-order chi connectivity index (χ0) is 15.3.